The first-order chi connectivity index (χ1) is 31.4. The summed E-state index contributed by atoms with van der Waals surface area (Å²) in [5, 5.41) is 12.2. The van der Waals surface area contributed by atoms with E-state index in [1.807, 2.05) is 6.07 Å². The Morgan fingerprint density at radius 1 is 0.508 bits per heavy atom. The molecule has 2 bridgehead atoms. The van der Waals surface area contributed by atoms with Crippen molar-refractivity contribution in [3.63, 3.8) is 0 Å². The molecule has 4 heteroatoms. The van der Waals surface area contributed by atoms with Crippen LogP contribution in [0.5, 0.6) is 5.75 Å². The van der Waals surface area contributed by atoms with Gasteiger partial charge in [0.2, 0.25) is 0 Å². The van der Waals surface area contributed by atoms with Gasteiger partial charge in [0, 0.05) is 28.5 Å². The number of aromatic hydroxyl groups is 1. The zero-order chi connectivity index (χ0) is 44.9. The molecule has 0 saturated heterocycles. The van der Waals surface area contributed by atoms with E-state index >= 15 is 0 Å². The molecule has 0 unspecified atom stereocenters. The Balaban J connectivity index is 1.11. The van der Waals surface area contributed by atoms with Crippen molar-refractivity contribution in [2.45, 2.75) is 84.5 Å². The van der Waals surface area contributed by atoms with Crippen molar-refractivity contribution in [2.75, 3.05) is 0 Å². The topological polar surface area (TPSA) is 50.9 Å². The van der Waals surface area contributed by atoms with Gasteiger partial charge in [-0.05, 0) is 133 Å². The van der Waals surface area contributed by atoms with Crippen molar-refractivity contribution in [1.82, 2.24) is 14.5 Å². The Morgan fingerprint density at radius 2 is 1.08 bits per heavy atom. The molecular weight excluding hydrogens is 791 g/mol. The van der Waals surface area contributed by atoms with Gasteiger partial charge < -0.3 is 5.11 Å². The van der Waals surface area contributed by atoms with E-state index < -0.39 is 0 Å². The molecule has 3 aliphatic rings. The Kier molecular flexibility index (Phi) is 9.59. The van der Waals surface area contributed by atoms with Gasteiger partial charge in [0.05, 0.1) is 28.1 Å². The predicted molar refractivity (Wildman–Crippen MR) is 269 cm³/mol. The molecule has 12 rings (SSSR count). The number of benzene rings is 7. The number of para-hydroxylation sites is 3. The molecule has 65 heavy (non-hydrogen) atoms. The van der Waals surface area contributed by atoms with Crippen LogP contribution in [0.1, 0.15) is 128 Å². The van der Waals surface area contributed by atoms with Gasteiger partial charge in [-0.25, -0.2) is 9.97 Å². The largest absolute Gasteiger partial charge is 0.507 e. The van der Waals surface area contributed by atoms with Crippen molar-refractivity contribution >= 4 is 11.0 Å². The van der Waals surface area contributed by atoms with Crippen LogP contribution in [-0.2, 0) is 5.41 Å². The molecular formula is C61H55N3O. The fourth-order valence-electron chi connectivity index (χ4n) is 10.9. The van der Waals surface area contributed by atoms with E-state index in [1.54, 1.807) is 0 Å². The van der Waals surface area contributed by atoms with Crippen molar-refractivity contribution in [3.8, 4) is 56.5 Å². The summed E-state index contributed by atoms with van der Waals surface area (Å²) in [5.74, 6) is 1.91. The number of aromatic nitrogens is 3. The van der Waals surface area contributed by atoms with Crippen LogP contribution in [0.15, 0.2) is 158 Å². The fourth-order valence-corrected chi connectivity index (χ4v) is 10.9. The minimum atomic E-state index is 0.0198. The fraction of sp³-hybridized carbons (Fsp3) is 0.213. The zero-order valence-corrected chi connectivity index (χ0v) is 38.6. The lowest BCUT2D eigenvalue weighted by Gasteiger charge is -2.42. The van der Waals surface area contributed by atoms with E-state index in [4.69, 9.17) is 9.97 Å². The number of nitrogens with zero attached hydrogens (tertiary/aromatic N) is 3. The summed E-state index contributed by atoms with van der Waals surface area (Å²) in [6.45, 7) is 18.1. The molecule has 2 heterocycles. The lowest BCUT2D eigenvalue weighted by atomic mass is 9.61. The summed E-state index contributed by atoms with van der Waals surface area (Å²) in [7, 11) is 0. The first-order valence-corrected chi connectivity index (χ1v) is 23.3. The first kappa shape index (κ1) is 40.7. The molecule has 0 saturated carbocycles. The van der Waals surface area contributed by atoms with Crippen LogP contribution in [0.3, 0.4) is 0 Å². The number of hydrogen-bond donors (Lipinski definition) is 1. The highest BCUT2D eigenvalue weighted by molar-refractivity contribution is 5.86. The molecule has 4 nitrogen and oxygen atoms in total. The highest BCUT2D eigenvalue weighted by Gasteiger charge is 2.41. The number of aryl methyl sites for hydroxylation is 1. The normalized spacial score (nSPS) is 15.1. The standard InChI is InChI=1S/C61H55N3O/c1-35(2)42-23-16-24-43(36(3)4)59(42)64-55-26-14-13-25-52(55)63-60(64)39-18-15-17-38(30-39)53-31-40(44-28-27-41(29-37(44)5)61(6,7)8)32-54(62-53)51-33-49-50(34-56(51)65)58-47-21-11-9-19-45(47)57(49)46-20-10-12-22-48(46)58/h9-36,57-58,65H,1-8H3. The number of pyridine rings is 1. The van der Waals surface area contributed by atoms with Crippen LogP contribution in [0, 0.1) is 6.92 Å². The van der Waals surface area contributed by atoms with E-state index in [9.17, 15) is 5.11 Å². The average molecular weight is 846 g/mol. The monoisotopic (exact) mass is 845 g/mol. The van der Waals surface area contributed by atoms with Gasteiger partial charge in [0.15, 0.2) is 0 Å². The number of phenolic OH excluding ortho intramolecular Hbond substituents is 1. The number of rotatable bonds is 7. The molecule has 9 aromatic rings. The number of hydrogen-bond acceptors (Lipinski definition) is 3. The van der Waals surface area contributed by atoms with E-state index in [1.165, 1.54) is 61.3 Å². The Hall–Kier alpha value is -7.04. The molecule has 0 radical (unpaired) electrons. The van der Waals surface area contributed by atoms with Crippen molar-refractivity contribution in [2.24, 2.45) is 0 Å². The molecule has 7 aromatic carbocycles. The second-order valence-electron chi connectivity index (χ2n) is 20.0. The molecule has 1 N–H and O–H groups in total. The van der Waals surface area contributed by atoms with Crippen LogP contribution in [0.25, 0.3) is 61.8 Å². The number of fused-ring (bicyclic) bond motifs is 1. The minimum absolute atomic E-state index is 0.0198. The third kappa shape index (κ3) is 6.64. The predicted octanol–water partition coefficient (Wildman–Crippen LogP) is 15.6. The second-order valence-corrected chi connectivity index (χ2v) is 20.0. The molecule has 0 spiro atoms. The number of imidazole rings is 1. The van der Waals surface area contributed by atoms with Crippen LogP contribution in [0.4, 0.5) is 0 Å². The summed E-state index contributed by atoms with van der Waals surface area (Å²) in [6, 6.07) is 57.1. The quantitative estimate of drug-likeness (QED) is 0.174. The van der Waals surface area contributed by atoms with Gasteiger partial charge >= 0.3 is 0 Å². The van der Waals surface area contributed by atoms with Gasteiger partial charge in [-0.3, -0.25) is 4.57 Å². The summed E-state index contributed by atoms with van der Waals surface area (Å²) >= 11 is 0. The highest BCUT2D eigenvalue weighted by Crippen LogP contribution is 2.57. The summed E-state index contributed by atoms with van der Waals surface area (Å²) in [4.78, 5) is 10.9. The zero-order valence-electron chi connectivity index (χ0n) is 38.6. The lowest BCUT2D eigenvalue weighted by molar-refractivity contribution is 0.475. The van der Waals surface area contributed by atoms with Gasteiger partial charge in [-0.15, -0.1) is 0 Å². The van der Waals surface area contributed by atoms with Crippen LogP contribution < -0.4 is 0 Å². The number of phenols is 1. The van der Waals surface area contributed by atoms with E-state index in [-0.39, 0.29) is 23.0 Å². The maximum absolute atomic E-state index is 12.2. The van der Waals surface area contributed by atoms with Gasteiger partial charge in [0.1, 0.15) is 11.6 Å². The van der Waals surface area contributed by atoms with Crippen LogP contribution in [0.2, 0.25) is 0 Å². The smallest absolute Gasteiger partial charge is 0.145 e. The SMILES string of the molecule is Cc1cc(C(C)(C)C)ccc1-c1cc(-c2cccc(-c3nc4ccccc4n3-c3c(C(C)C)cccc3C(C)C)c2)nc(-c2cc3c(cc2O)C2c4ccccc4C3c3ccccc32)c1. The molecule has 0 amide bonds. The molecule has 2 aromatic heterocycles. The van der Waals surface area contributed by atoms with E-state index in [0.717, 1.165) is 56.1 Å². The van der Waals surface area contributed by atoms with Gasteiger partial charge in [-0.2, -0.15) is 0 Å². The van der Waals surface area contributed by atoms with Crippen molar-refractivity contribution < 1.29 is 5.11 Å². The second kappa shape index (κ2) is 15.3. The van der Waals surface area contributed by atoms with E-state index in [0.29, 0.717) is 11.8 Å². The highest BCUT2D eigenvalue weighted by atomic mass is 16.3. The third-order valence-electron chi connectivity index (χ3n) is 14.1. The average Bonchev–Trinajstić information content (AvgIpc) is 3.70. The summed E-state index contributed by atoms with van der Waals surface area (Å²) in [5.41, 5.74) is 22.6. The minimum Gasteiger partial charge on any atom is -0.507 e. The van der Waals surface area contributed by atoms with Gasteiger partial charge in [0.25, 0.3) is 0 Å². The Morgan fingerprint density at radius 3 is 1.69 bits per heavy atom. The first-order valence-electron chi connectivity index (χ1n) is 23.3. The molecule has 0 fully saturated rings. The molecule has 0 aliphatic heterocycles. The maximum atomic E-state index is 12.2. The van der Waals surface area contributed by atoms with Crippen LogP contribution in [-0.4, -0.2) is 19.6 Å². The summed E-state index contributed by atoms with van der Waals surface area (Å²) in [6.07, 6.45) is 0. The molecule has 3 aliphatic carbocycles. The lowest BCUT2D eigenvalue weighted by Crippen LogP contribution is -2.27. The Bertz CT molecular complexity index is 3290. The molecule has 320 valence electrons. The molecule has 0 atom stereocenters. The summed E-state index contributed by atoms with van der Waals surface area (Å²) < 4.78 is 2.39. The third-order valence-corrected chi connectivity index (χ3v) is 14.1. The van der Waals surface area contributed by atoms with Crippen molar-refractivity contribution in [3.05, 3.63) is 213 Å². The van der Waals surface area contributed by atoms with Crippen molar-refractivity contribution in [1.29, 1.82) is 0 Å². The van der Waals surface area contributed by atoms with E-state index in [2.05, 4.69) is 212 Å². The van der Waals surface area contributed by atoms with Gasteiger partial charge in [-0.1, -0.05) is 164 Å². The van der Waals surface area contributed by atoms with Crippen LogP contribution >= 0.6 is 0 Å². The Labute approximate surface area is 383 Å². The maximum Gasteiger partial charge on any atom is 0.145 e.